The van der Waals surface area contributed by atoms with Gasteiger partial charge >= 0.3 is 0 Å². The van der Waals surface area contributed by atoms with Gasteiger partial charge in [-0.15, -0.1) is 10.2 Å². The Morgan fingerprint density at radius 3 is 2.68 bits per heavy atom. The van der Waals surface area contributed by atoms with E-state index in [1.54, 1.807) is 0 Å². The van der Waals surface area contributed by atoms with Gasteiger partial charge in [0.25, 0.3) is 0 Å². The monoisotopic (exact) mass is 369 g/mol. The van der Waals surface area contributed by atoms with Crippen LogP contribution in [0, 0.1) is 0 Å². The lowest BCUT2D eigenvalue weighted by molar-refractivity contribution is 0.746. The summed E-state index contributed by atoms with van der Waals surface area (Å²) in [6.07, 6.45) is 13.5. The molecule has 3 heterocycles. The van der Waals surface area contributed by atoms with Crippen molar-refractivity contribution in [2.24, 2.45) is 0 Å². The van der Waals surface area contributed by atoms with E-state index in [2.05, 4.69) is 80.1 Å². The van der Waals surface area contributed by atoms with Crippen LogP contribution >= 0.6 is 0 Å². The highest BCUT2D eigenvalue weighted by atomic mass is 15.3. The van der Waals surface area contributed by atoms with Crippen molar-refractivity contribution < 1.29 is 0 Å². The predicted octanol–water partition coefficient (Wildman–Crippen LogP) is 4.87. The molecule has 1 aliphatic heterocycles. The standard InChI is InChI=1S/C23H23N5/c1-2-20-7-6-19(17-10-12-24-13-11-17)15-27(20)22-5-3-4-18(14-22)23-26-25-16-28(23)21-8-9-21/h3-7,10-14,16,21H,2,8-9,15H2,1H3. The average Bonchev–Trinajstić information content (AvgIpc) is 3.50. The van der Waals surface area contributed by atoms with E-state index in [4.69, 9.17) is 0 Å². The van der Waals surface area contributed by atoms with E-state index in [9.17, 15) is 0 Å². The first kappa shape index (κ1) is 16.9. The van der Waals surface area contributed by atoms with Crippen LogP contribution in [0.4, 0.5) is 5.69 Å². The highest BCUT2D eigenvalue weighted by molar-refractivity contribution is 5.76. The van der Waals surface area contributed by atoms with Gasteiger partial charge in [-0.05, 0) is 60.7 Å². The van der Waals surface area contributed by atoms with Crippen LogP contribution in [0.3, 0.4) is 0 Å². The Hall–Kier alpha value is -3.21. The Kier molecular flexibility index (Phi) is 4.28. The van der Waals surface area contributed by atoms with Crippen LogP contribution in [0.2, 0.25) is 0 Å². The van der Waals surface area contributed by atoms with E-state index in [1.165, 1.54) is 35.4 Å². The smallest absolute Gasteiger partial charge is 0.164 e. The highest BCUT2D eigenvalue weighted by Gasteiger charge is 2.27. The minimum absolute atomic E-state index is 0.566. The maximum absolute atomic E-state index is 4.40. The molecule has 5 heteroatoms. The van der Waals surface area contributed by atoms with Gasteiger partial charge in [-0.2, -0.15) is 0 Å². The number of hydrogen-bond donors (Lipinski definition) is 0. The lowest BCUT2D eigenvalue weighted by Gasteiger charge is -2.31. The van der Waals surface area contributed by atoms with E-state index >= 15 is 0 Å². The molecule has 0 bridgehead atoms. The molecule has 140 valence electrons. The highest BCUT2D eigenvalue weighted by Crippen LogP contribution is 2.38. The van der Waals surface area contributed by atoms with Crippen LogP contribution in [-0.4, -0.2) is 26.3 Å². The summed E-state index contributed by atoms with van der Waals surface area (Å²) in [5.74, 6) is 0.966. The molecule has 5 nitrogen and oxygen atoms in total. The molecule has 0 unspecified atom stereocenters. The first-order chi connectivity index (χ1) is 13.8. The Balaban J connectivity index is 1.49. The van der Waals surface area contributed by atoms with E-state index < -0.39 is 0 Å². The van der Waals surface area contributed by atoms with Crippen molar-refractivity contribution in [2.45, 2.75) is 32.2 Å². The van der Waals surface area contributed by atoms with Crippen molar-refractivity contribution in [3.8, 4) is 11.4 Å². The molecule has 0 amide bonds. The zero-order valence-electron chi connectivity index (χ0n) is 16.0. The van der Waals surface area contributed by atoms with Crippen molar-refractivity contribution in [2.75, 3.05) is 11.4 Å². The predicted molar refractivity (Wildman–Crippen MR) is 112 cm³/mol. The molecule has 0 spiro atoms. The van der Waals surface area contributed by atoms with E-state index in [-0.39, 0.29) is 0 Å². The summed E-state index contributed by atoms with van der Waals surface area (Å²) in [7, 11) is 0. The third-order valence-corrected chi connectivity index (χ3v) is 5.49. The molecular weight excluding hydrogens is 346 g/mol. The van der Waals surface area contributed by atoms with Crippen LogP contribution in [0.1, 0.15) is 37.8 Å². The molecule has 0 atom stereocenters. The molecule has 3 aromatic rings. The van der Waals surface area contributed by atoms with Gasteiger partial charge in [0.15, 0.2) is 5.82 Å². The summed E-state index contributed by atoms with van der Waals surface area (Å²) >= 11 is 0. The van der Waals surface area contributed by atoms with Gasteiger partial charge in [0.05, 0.1) is 0 Å². The Morgan fingerprint density at radius 2 is 1.89 bits per heavy atom. The number of hydrogen-bond acceptors (Lipinski definition) is 4. The molecule has 1 saturated carbocycles. The van der Waals surface area contributed by atoms with E-state index in [1.807, 2.05) is 18.7 Å². The second kappa shape index (κ2) is 7.08. The van der Waals surface area contributed by atoms with Gasteiger partial charge in [0, 0.05) is 41.9 Å². The lowest BCUT2D eigenvalue weighted by atomic mass is 10.0. The molecule has 0 saturated heterocycles. The Bertz CT molecular complexity index is 1040. The molecule has 28 heavy (non-hydrogen) atoms. The molecule has 1 aliphatic carbocycles. The number of benzene rings is 1. The Labute approximate surface area is 165 Å². The summed E-state index contributed by atoms with van der Waals surface area (Å²) in [5.41, 5.74) is 6.15. The maximum Gasteiger partial charge on any atom is 0.164 e. The summed E-state index contributed by atoms with van der Waals surface area (Å²) in [5, 5.41) is 8.55. The summed E-state index contributed by atoms with van der Waals surface area (Å²) in [6.45, 7) is 3.06. The lowest BCUT2D eigenvalue weighted by Crippen LogP contribution is -2.26. The van der Waals surface area contributed by atoms with Crippen LogP contribution in [0.15, 0.2) is 73.0 Å². The largest absolute Gasteiger partial charge is 0.341 e. The molecule has 5 rings (SSSR count). The number of pyridine rings is 1. The minimum atomic E-state index is 0.566. The van der Waals surface area contributed by atoms with E-state index in [0.29, 0.717) is 6.04 Å². The summed E-state index contributed by atoms with van der Waals surface area (Å²) < 4.78 is 2.22. The molecule has 1 aromatic carbocycles. The number of aromatic nitrogens is 4. The molecular formula is C23H23N5. The SMILES string of the molecule is CCC1=CC=C(c2ccncc2)CN1c1cccc(-c2nncn2C2CC2)c1. The molecule has 0 radical (unpaired) electrons. The first-order valence-electron chi connectivity index (χ1n) is 9.91. The molecule has 1 fully saturated rings. The third kappa shape index (κ3) is 3.13. The number of allylic oxidation sites excluding steroid dienone is 3. The quantitative estimate of drug-likeness (QED) is 0.643. The van der Waals surface area contributed by atoms with Gasteiger partial charge in [0.1, 0.15) is 6.33 Å². The van der Waals surface area contributed by atoms with Crippen molar-refractivity contribution in [3.05, 3.63) is 78.5 Å². The van der Waals surface area contributed by atoms with Gasteiger partial charge in [-0.1, -0.05) is 25.1 Å². The summed E-state index contributed by atoms with van der Waals surface area (Å²) in [6, 6.07) is 13.4. The zero-order valence-corrected chi connectivity index (χ0v) is 16.0. The van der Waals surface area contributed by atoms with Gasteiger partial charge < -0.3 is 9.47 Å². The molecule has 0 N–H and O–H groups in total. The second-order valence-corrected chi connectivity index (χ2v) is 7.37. The molecule has 2 aliphatic rings. The normalized spacial score (nSPS) is 16.7. The molecule has 2 aromatic heterocycles. The van der Waals surface area contributed by atoms with Crippen molar-refractivity contribution >= 4 is 11.3 Å². The number of anilines is 1. The van der Waals surface area contributed by atoms with Crippen LogP contribution < -0.4 is 4.90 Å². The fourth-order valence-corrected chi connectivity index (χ4v) is 3.81. The van der Waals surface area contributed by atoms with E-state index in [0.717, 1.165) is 24.4 Å². The van der Waals surface area contributed by atoms with Gasteiger partial charge in [-0.3, -0.25) is 4.98 Å². The van der Waals surface area contributed by atoms with Crippen molar-refractivity contribution in [1.29, 1.82) is 0 Å². The van der Waals surface area contributed by atoms with Gasteiger partial charge in [0.2, 0.25) is 0 Å². The van der Waals surface area contributed by atoms with Crippen LogP contribution in [0.25, 0.3) is 17.0 Å². The second-order valence-electron chi connectivity index (χ2n) is 7.37. The fraction of sp³-hybridized carbons (Fsp3) is 0.261. The topological polar surface area (TPSA) is 46.8 Å². The van der Waals surface area contributed by atoms with Crippen LogP contribution in [-0.2, 0) is 0 Å². The van der Waals surface area contributed by atoms with Crippen molar-refractivity contribution in [3.63, 3.8) is 0 Å². The van der Waals surface area contributed by atoms with Gasteiger partial charge in [-0.25, -0.2) is 0 Å². The van der Waals surface area contributed by atoms with Crippen LogP contribution in [0.5, 0.6) is 0 Å². The maximum atomic E-state index is 4.40. The van der Waals surface area contributed by atoms with Crippen molar-refractivity contribution in [1.82, 2.24) is 19.7 Å². The average molecular weight is 369 g/mol. The zero-order chi connectivity index (χ0) is 18.9. The number of nitrogens with zero attached hydrogens (tertiary/aromatic N) is 5. The third-order valence-electron chi connectivity index (χ3n) is 5.49. The summed E-state index contributed by atoms with van der Waals surface area (Å²) in [4.78, 5) is 6.54. The fourth-order valence-electron chi connectivity index (χ4n) is 3.81. The number of rotatable bonds is 5. The first-order valence-corrected chi connectivity index (χ1v) is 9.91. The Morgan fingerprint density at radius 1 is 1.04 bits per heavy atom. The minimum Gasteiger partial charge on any atom is -0.341 e.